The van der Waals surface area contributed by atoms with Crippen LogP contribution in [0.15, 0.2) is 36.7 Å². The van der Waals surface area contributed by atoms with Crippen molar-refractivity contribution in [3.05, 3.63) is 63.6 Å². The Morgan fingerprint density at radius 1 is 1.42 bits per heavy atom. The largest absolute Gasteiger partial charge is 0.358 e. The third kappa shape index (κ3) is 3.43. The second-order valence-electron chi connectivity index (χ2n) is 5.10. The molecule has 0 aliphatic heterocycles. The van der Waals surface area contributed by atoms with Crippen LogP contribution in [0.3, 0.4) is 0 Å². The van der Waals surface area contributed by atoms with E-state index in [0.29, 0.717) is 6.54 Å². The standard InChI is InChI=1S/C14H13N7O3/c1-9-3-2-4-10(5-9)7-20-8-15-14(19-20)16-13(22)11-6-12(18-17-11)21(23)24/h2-6,8H,7H2,1H3,(H,17,18)(H,16,19,22). The Balaban J connectivity index is 1.67. The van der Waals surface area contributed by atoms with E-state index in [1.807, 2.05) is 31.2 Å². The van der Waals surface area contributed by atoms with Crippen LogP contribution in [0.2, 0.25) is 0 Å². The number of H-pyrrole nitrogens is 1. The van der Waals surface area contributed by atoms with Crippen LogP contribution in [-0.2, 0) is 6.54 Å². The normalized spacial score (nSPS) is 10.5. The lowest BCUT2D eigenvalue weighted by Crippen LogP contribution is -2.14. The maximum atomic E-state index is 12.0. The molecule has 24 heavy (non-hydrogen) atoms. The predicted octanol–water partition coefficient (Wildman–Crippen LogP) is 1.52. The number of carbonyl (C=O) groups excluding carboxylic acids is 1. The molecule has 0 aliphatic carbocycles. The average Bonchev–Trinajstić information content (AvgIpc) is 3.17. The first-order chi connectivity index (χ1) is 11.5. The summed E-state index contributed by atoms with van der Waals surface area (Å²) in [7, 11) is 0. The van der Waals surface area contributed by atoms with E-state index < -0.39 is 10.8 Å². The van der Waals surface area contributed by atoms with Gasteiger partial charge in [0.1, 0.15) is 6.33 Å². The fourth-order valence-electron chi connectivity index (χ4n) is 2.11. The Hall–Kier alpha value is -3.56. The van der Waals surface area contributed by atoms with Crippen LogP contribution in [0.5, 0.6) is 0 Å². The number of nitro groups is 1. The van der Waals surface area contributed by atoms with Crippen LogP contribution >= 0.6 is 0 Å². The summed E-state index contributed by atoms with van der Waals surface area (Å²) in [6, 6.07) is 8.99. The first-order valence-corrected chi connectivity index (χ1v) is 6.97. The van der Waals surface area contributed by atoms with Crippen molar-refractivity contribution < 1.29 is 9.72 Å². The van der Waals surface area contributed by atoms with Crippen molar-refractivity contribution in [1.29, 1.82) is 0 Å². The van der Waals surface area contributed by atoms with Crippen LogP contribution in [0.4, 0.5) is 11.8 Å². The van der Waals surface area contributed by atoms with E-state index in [2.05, 4.69) is 25.6 Å². The summed E-state index contributed by atoms with van der Waals surface area (Å²) < 4.78 is 1.58. The number of hydrogen-bond acceptors (Lipinski definition) is 6. The van der Waals surface area contributed by atoms with E-state index in [1.54, 1.807) is 4.68 Å². The SMILES string of the molecule is Cc1cccc(Cn2cnc(NC(=O)c3cc([N+](=O)[O-])[nH]n3)n2)c1. The molecule has 1 amide bonds. The fourth-order valence-corrected chi connectivity index (χ4v) is 2.11. The zero-order valence-electron chi connectivity index (χ0n) is 12.6. The summed E-state index contributed by atoms with van der Waals surface area (Å²) in [5, 5.41) is 22.9. The number of carbonyl (C=O) groups is 1. The topological polar surface area (TPSA) is 132 Å². The summed E-state index contributed by atoms with van der Waals surface area (Å²) in [5.41, 5.74) is 2.08. The highest BCUT2D eigenvalue weighted by Crippen LogP contribution is 2.10. The van der Waals surface area contributed by atoms with Crippen LogP contribution in [0.1, 0.15) is 21.6 Å². The first kappa shape index (κ1) is 15.3. The molecule has 0 fully saturated rings. The van der Waals surface area contributed by atoms with Gasteiger partial charge >= 0.3 is 5.82 Å². The van der Waals surface area contributed by atoms with E-state index in [-0.39, 0.29) is 17.5 Å². The number of nitrogens with zero attached hydrogens (tertiary/aromatic N) is 5. The lowest BCUT2D eigenvalue weighted by Gasteiger charge is -2.02. The number of anilines is 1. The third-order valence-corrected chi connectivity index (χ3v) is 3.18. The first-order valence-electron chi connectivity index (χ1n) is 6.97. The number of amides is 1. The molecule has 2 N–H and O–H groups in total. The maximum Gasteiger partial charge on any atom is 0.343 e. The van der Waals surface area contributed by atoms with Gasteiger partial charge in [-0.15, -0.1) is 10.2 Å². The van der Waals surface area contributed by atoms with Crippen molar-refractivity contribution in [2.24, 2.45) is 0 Å². The van der Waals surface area contributed by atoms with Crippen LogP contribution in [0, 0.1) is 17.0 Å². The van der Waals surface area contributed by atoms with Gasteiger partial charge in [0.15, 0.2) is 5.69 Å². The molecular weight excluding hydrogens is 314 g/mol. The molecular formula is C14H13N7O3. The van der Waals surface area contributed by atoms with Crippen molar-refractivity contribution in [2.75, 3.05) is 5.32 Å². The van der Waals surface area contributed by atoms with Gasteiger partial charge in [0.05, 0.1) is 12.6 Å². The molecule has 122 valence electrons. The molecule has 3 rings (SSSR count). The Bertz CT molecular complexity index is 899. The molecule has 0 radical (unpaired) electrons. The number of aryl methyl sites for hydroxylation is 1. The quantitative estimate of drug-likeness (QED) is 0.539. The lowest BCUT2D eigenvalue weighted by molar-refractivity contribution is -0.389. The summed E-state index contributed by atoms with van der Waals surface area (Å²) >= 11 is 0. The Labute approximate surface area is 135 Å². The van der Waals surface area contributed by atoms with Crippen molar-refractivity contribution >= 4 is 17.7 Å². The number of aromatic amines is 1. The van der Waals surface area contributed by atoms with Crippen LogP contribution in [-0.4, -0.2) is 35.8 Å². The van der Waals surface area contributed by atoms with E-state index in [9.17, 15) is 14.9 Å². The van der Waals surface area contributed by atoms with Gasteiger partial charge in [-0.05, 0) is 17.4 Å². The van der Waals surface area contributed by atoms with Gasteiger partial charge in [0, 0.05) is 0 Å². The van der Waals surface area contributed by atoms with E-state index >= 15 is 0 Å². The molecule has 0 aliphatic rings. The Kier molecular flexibility index (Phi) is 4.01. The van der Waals surface area contributed by atoms with Crippen molar-refractivity contribution in [2.45, 2.75) is 13.5 Å². The Morgan fingerprint density at radius 3 is 2.96 bits per heavy atom. The molecule has 0 bridgehead atoms. The molecule has 0 atom stereocenters. The molecule has 0 saturated carbocycles. The minimum absolute atomic E-state index is 0.0957. The number of aromatic nitrogens is 5. The zero-order valence-corrected chi connectivity index (χ0v) is 12.6. The fraction of sp³-hybridized carbons (Fsp3) is 0.143. The van der Waals surface area contributed by atoms with Gasteiger partial charge < -0.3 is 10.1 Å². The minimum atomic E-state index is -0.668. The van der Waals surface area contributed by atoms with Crippen LogP contribution in [0.25, 0.3) is 0 Å². The molecule has 2 aromatic heterocycles. The van der Waals surface area contributed by atoms with Gasteiger partial charge in [-0.1, -0.05) is 34.9 Å². The third-order valence-electron chi connectivity index (χ3n) is 3.18. The van der Waals surface area contributed by atoms with E-state index in [4.69, 9.17) is 0 Å². The highest BCUT2D eigenvalue weighted by Gasteiger charge is 2.17. The van der Waals surface area contributed by atoms with Gasteiger partial charge in [-0.3, -0.25) is 10.1 Å². The zero-order chi connectivity index (χ0) is 17.1. The molecule has 10 nitrogen and oxygen atoms in total. The molecule has 0 spiro atoms. The van der Waals surface area contributed by atoms with Gasteiger partial charge in [-0.25, -0.2) is 9.67 Å². The van der Waals surface area contributed by atoms with Crippen molar-refractivity contribution in [3.63, 3.8) is 0 Å². The highest BCUT2D eigenvalue weighted by molar-refractivity contribution is 6.02. The average molecular weight is 327 g/mol. The number of benzene rings is 1. The molecule has 0 unspecified atom stereocenters. The number of hydrogen-bond donors (Lipinski definition) is 2. The summed E-state index contributed by atoms with van der Waals surface area (Å²) in [6.45, 7) is 2.51. The highest BCUT2D eigenvalue weighted by atomic mass is 16.6. The van der Waals surface area contributed by atoms with E-state index in [0.717, 1.165) is 17.2 Å². The van der Waals surface area contributed by atoms with Crippen molar-refractivity contribution in [3.8, 4) is 0 Å². The van der Waals surface area contributed by atoms with Gasteiger partial charge in [0.2, 0.25) is 5.95 Å². The lowest BCUT2D eigenvalue weighted by atomic mass is 10.1. The summed E-state index contributed by atoms with van der Waals surface area (Å²) in [6.07, 6.45) is 1.49. The number of rotatable bonds is 5. The van der Waals surface area contributed by atoms with Crippen molar-refractivity contribution in [1.82, 2.24) is 25.0 Å². The summed E-state index contributed by atoms with van der Waals surface area (Å²) in [4.78, 5) is 25.8. The minimum Gasteiger partial charge on any atom is -0.358 e. The predicted molar refractivity (Wildman–Crippen MR) is 83.5 cm³/mol. The molecule has 1 aromatic carbocycles. The molecule has 10 heteroatoms. The van der Waals surface area contributed by atoms with Gasteiger partial charge in [0.25, 0.3) is 5.91 Å². The smallest absolute Gasteiger partial charge is 0.343 e. The molecule has 0 saturated heterocycles. The van der Waals surface area contributed by atoms with Gasteiger partial charge in [-0.2, -0.15) is 0 Å². The molecule has 3 aromatic rings. The van der Waals surface area contributed by atoms with E-state index in [1.165, 1.54) is 6.33 Å². The number of nitrogens with one attached hydrogen (secondary N) is 2. The monoisotopic (exact) mass is 327 g/mol. The molecule has 2 heterocycles. The Morgan fingerprint density at radius 2 is 2.25 bits per heavy atom. The van der Waals surface area contributed by atoms with Crippen LogP contribution < -0.4 is 5.32 Å². The maximum absolute atomic E-state index is 12.0. The second-order valence-corrected chi connectivity index (χ2v) is 5.10. The summed E-state index contributed by atoms with van der Waals surface area (Å²) in [5.74, 6) is -0.899. The second kappa shape index (κ2) is 6.28.